The highest BCUT2D eigenvalue weighted by Gasteiger charge is 2.22. The molecule has 0 aliphatic carbocycles. The van der Waals surface area contributed by atoms with Crippen LogP contribution in [0.15, 0.2) is 33.5 Å². The number of amides is 1. The molecular formula is C17H20N2O5. The first kappa shape index (κ1) is 16.5. The topological polar surface area (TPSA) is 83.2 Å². The zero-order valence-electron chi connectivity index (χ0n) is 13.7. The highest BCUT2D eigenvalue weighted by Crippen LogP contribution is 2.22. The minimum atomic E-state index is -0.292. The minimum absolute atomic E-state index is 0.0790. The summed E-state index contributed by atoms with van der Waals surface area (Å²) >= 11 is 0. The molecule has 0 radical (unpaired) electrons. The van der Waals surface area contributed by atoms with E-state index in [0.29, 0.717) is 42.1 Å². The molecule has 1 aliphatic rings. The third kappa shape index (κ3) is 3.13. The van der Waals surface area contributed by atoms with E-state index in [4.69, 9.17) is 9.15 Å². The third-order valence-electron chi connectivity index (χ3n) is 4.02. The van der Waals surface area contributed by atoms with Gasteiger partial charge in [0.05, 0.1) is 24.7 Å². The van der Waals surface area contributed by atoms with Crippen molar-refractivity contribution in [3.8, 4) is 0 Å². The van der Waals surface area contributed by atoms with Crippen molar-refractivity contribution in [1.82, 2.24) is 4.90 Å². The number of carbonyl (C=O) groups is 1. The number of aliphatic hydroxyl groups is 1. The lowest BCUT2D eigenvalue weighted by atomic mass is 10.1. The second-order valence-corrected chi connectivity index (χ2v) is 5.98. The molecular weight excluding hydrogens is 312 g/mol. The number of hydrogen-bond acceptors (Lipinski definition) is 6. The van der Waals surface area contributed by atoms with Gasteiger partial charge in [0.15, 0.2) is 11.3 Å². The number of benzene rings is 1. The van der Waals surface area contributed by atoms with Gasteiger partial charge in [-0.3, -0.25) is 9.59 Å². The maximum atomic E-state index is 12.4. The molecule has 0 unspecified atom stereocenters. The van der Waals surface area contributed by atoms with E-state index in [1.54, 1.807) is 32.3 Å². The predicted octanol–water partition coefficient (Wildman–Crippen LogP) is 0.692. The number of anilines is 1. The van der Waals surface area contributed by atoms with Crippen LogP contribution in [0.3, 0.4) is 0 Å². The monoisotopic (exact) mass is 332 g/mol. The van der Waals surface area contributed by atoms with Crippen molar-refractivity contribution in [2.75, 3.05) is 45.3 Å². The van der Waals surface area contributed by atoms with E-state index < -0.39 is 0 Å². The van der Waals surface area contributed by atoms with Gasteiger partial charge < -0.3 is 24.1 Å². The largest absolute Gasteiger partial charge is 0.440 e. The van der Waals surface area contributed by atoms with Crippen LogP contribution in [0, 0.1) is 0 Å². The zero-order chi connectivity index (χ0) is 17.3. The number of aliphatic hydroxyl groups excluding tert-OH is 1. The van der Waals surface area contributed by atoms with Crippen LogP contribution in [-0.2, 0) is 4.74 Å². The Labute approximate surface area is 139 Å². The molecule has 1 aliphatic heterocycles. The van der Waals surface area contributed by atoms with E-state index >= 15 is 0 Å². The van der Waals surface area contributed by atoms with Gasteiger partial charge in [-0.05, 0) is 18.2 Å². The average molecular weight is 332 g/mol. The first-order valence-electron chi connectivity index (χ1n) is 7.76. The number of ether oxygens (including phenoxy) is 1. The van der Waals surface area contributed by atoms with Crippen LogP contribution in [0.1, 0.15) is 10.4 Å². The Morgan fingerprint density at radius 2 is 2.17 bits per heavy atom. The Balaban J connectivity index is 1.97. The highest BCUT2D eigenvalue weighted by molar-refractivity contribution is 5.97. The Hall–Kier alpha value is -2.38. The van der Waals surface area contributed by atoms with Gasteiger partial charge in [0.25, 0.3) is 5.91 Å². The smallest absolute Gasteiger partial charge is 0.253 e. The standard InChI is InChI=1S/C17H20N2O5/c1-18(2)17(22)11-3-4-15-13(7-11)14(21)8-16(24-15)19-5-6-23-12(9-19)10-20/h3-4,7-8,12,20H,5-6,9-10H2,1-2H3/t12-/m0/s1. The summed E-state index contributed by atoms with van der Waals surface area (Å²) in [5.74, 6) is 0.278. The zero-order valence-corrected chi connectivity index (χ0v) is 13.7. The molecule has 2 heterocycles. The van der Waals surface area contributed by atoms with Crippen LogP contribution < -0.4 is 10.3 Å². The van der Waals surface area contributed by atoms with E-state index in [1.807, 2.05) is 4.90 Å². The lowest BCUT2D eigenvalue weighted by Gasteiger charge is -2.32. The first-order valence-corrected chi connectivity index (χ1v) is 7.76. The van der Waals surface area contributed by atoms with Crippen molar-refractivity contribution in [3.05, 3.63) is 40.1 Å². The molecule has 7 heteroatoms. The number of carbonyl (C=O) groups excluding carboxylic acids is 1. The van der Waals surface area contributed by atoms with Crippen LogP contribution in [0.25, 0.3) is 11.0 Å². The molecule has 128 valence electrons. The van der Waals surface area contributed by atoms with Gasteiger partial charge in [-0.1, -0.05) is 0 Å². The molecule has 1 N–H and O–H groups in total. The van der Waals surface area contributed by atoms with Crippen molar-refractivity contribution in [3.63, 3.8) is 0 Å². The maximum absolute atomic E-state index is 12.4. The Morgan fingerprint density at radius 3 is 2.88 bits per heavy atom. The highest BCUT2D eigenvalue weighted by atomic mass is 16.5. The summed E-state index contributed by atoms with van der Waals surface area (Å²) in [6.45, 7) is 1.43. The molecule has 1 atom stereocenters. The molecule has 1 saturated heterocycles. The van der Waals surface area contributed by atoms with Gasteiger partial charge in [0.1, 0.15) is 5.58 Å². The summed E-state index contributed by atoms with van der Waals surface area (Å²) in [5.41, 5.74) is 0.672. The Bertz CT molecular complexity index is 814. The number of morpholine rings is 1. The van der Waals surface area contributed by atoms with Gasteiger partial charge in [-0.2, -0.15) is 0 Å². The van der Waals surface area contributed by atoms with Crippen LogP contribution in [-0.4, -0.2) is 62.4 Å². The first-order chi connectivity index (χ1) is 11.5. The molecule has 1 amide bonds. The van der Waals surface area contributed by atoms with E-state index in [-0.39, 0.29) is 24.0 Å². The van der Waals surface area contributed by atoms with Crippen LogP contribution >= 0.6 is 0 Å². The van der Waals surface area contributed by atoms with Crippen LogP contribution in [0.2, 0.25) is 0 Å². The molecule has 1 fully saturated rings. The number of fused-ring (bicyclic) bond motifs is 1. The third-order valence-corrected chi connectivity index (χ3v) is 4.02. The number of nitrogens with zero attached hydrogens (tertiary/aromatic N) is 2. The van der Waals surface area contributed by atoms with Crippen LogP contribution in [0.5, 0.6) is 0 Å². The minimum Gasteiger partial charge on any atom is -0.440 e. The molecule has 3 rings (SSSR count). The summed E-state index contributed by atoms with van der Waals surface area (Å²) in [6.07, 6.45) is -0.292. The molecule has 24 heavy (non-hydrogen) atoms. The van der Waals surface area contributed by atoms with Gasteiger partial charge in [0, 0.05) is 38.8 Å². The molecule has 0 bridgehead atoms. The van der Waals surface area contributed by atoms with E-state index in [1.165, 1.54) is 11.0 Å². The predicted molar refractivity (Wildman–Crippen MR) is 89.5 cm³/mol. The van der Waals surface area contributed by atoms with E-state index in [2.05, 4.69) is 0 Å². The second-order valence-electron chi connectivity index (χ2n) is 5.98. The fourth-order valence-corrected chi connectivity index (χ4v) is 2.72. The molecule has 7 nitrogen and oxygen atoms in total. The normalized spacial score (nSPS) is 18.0. The SMILES string of the molecule is CN(C)C(=O)c1ccc2oc(N3CCO[C@H](CO)C3)cc(=O)c2c1. The molecule has 2 aromatic rings. The van der Waals surface area contributed by atoms with Gasteiger partial charge in [0.2, 0.25) is 0 Å². The summed E-state index contributed by atoms with van der Waals surface area (Å²) in [6, 6.07) is 6.27. The van der Waals surface area contributed by atoms with Gasteiger partial charge in [-0.15, -0.1) is 0 Å². The quantitative estimate of drug-likeness (QED) is 0.890. The molecule has 0 spiro atoms. The van der Waals surface area contributed by atoms with Crippen molar-refractivity contribution < 1.29 is 19.1 Å². The van der Waals surface area contributed by atoms with Crippen molar-refractivity contribution >= 4 is 22.8 Å². The Morgan fingerprint density at radius 1 is 1.38 bits per heavy atom. The van der Waals surface area contributed by atoms with Crippen LogP contribution in [0.4, 0.5) is 5.88 Å². The summed E-state index contributed by atoms with van der Waals surface area (Å²) in [4.78, 5) is 27.8. The maximum Gasteiger partial charge on any atom is 0.253 e. The van der Waals surface area contributed by atoms with Gasteiger partial charge >= 0.3 is 0 Å². The summed E-state index contributed by atoms with van der Waals surface area (Å²) in [5, 5.41) is 9.60. The second kappa shape index (κ2) is 6.62. The van der Waals surface area contributed by atoms with Crippen molar-refractivity contribution in [1.29, 1.82) is 0 Å². The molecule has 1 aromatic carbocycles. The lowest BCUT2D eigenvalue weighted by Crippen LogP contribution is -2.44. The summed E-state index contributed by atoms with van der Waals surface area (Å²) in [7, 11) is 3.32. The van der Waals surface area contributed by atoms with Crippen molar-refractivity contribution in [2.45, 2.75) is 6.10 Å². The average Bonchev–Trinajstić information content (AvgIpc) is 2.60. The van der Waals surface area contributed by atoms with E-state index in [0.717, 1.165) is 0 Å². The van der Waals surface area contributed by atoms with E-state index in [9.17, 15) is 14.7 Å². The van der Waals surface area contributed by atoms with Gasteiger partial charge in [-0.25, -0.2) is 0 Å². The van der Waals surface area contributed by atoms with Crippen molar-refractivity contribution in [2.24, 2.45) is 0 Å². The number of hydrogen-bond donors (Lipinski definition) is 1. The Kier molecular flexibility index (Phi) is 4.55. The summed E-state index contributed by atoms with van der Waals surface area (Å²) < 4.78 is 11.2. The molecule has 1 aromatic heterocycles. The fourth-order valence-electron chi connectivity index (χ4n) is 2.72. The fraction of sp³-hybridized carbons (Fsp3) is 0.412. The lowest BCUT2D eigenvalue weighted by molar-refractivity contribution is 0.00256. The molecule has 0 saturated carbocycles. The number of rotatable bonds is 3.